The summed E-state index contributed by atoms with van der Waals surface area (Å²) >= 11 is 5.96. The van der Waals surface area contributed by atoms with E-state index in [1.54, 1.807) is 6.07 Å². The number of nitrogen functional groups attached to an aromatic ring is 1. The molecule has 3 nitrogen and oxygen atoms in total. The van der Waals surface area contributed by atoms with E-state index in [0.717, 1.165) is 29.7 Å². The van der Waals surface area contributed by atoms with Gasteiger partial charge in [0.05, 0.1) is 5.69 Å². The van der Waals surface area contributed by atoms with Crippen molar-refractivity contribution in [3.05, 3.63) is 34.6 Å². The van der Waals surface area contributed by atoms with E-state index < -0.39 is 0 Å². The lowest BCUT2D eigenvalue weighted by Gasteiger charge is -2.09. The maximum Gasteiger partial charge on any atom is 0.0703 e. The molecular formula is C14H18ClN3. The third-order valence-electron chi connectivity index (χ3n) is 3.19. The van der Waals surface area contributed by atoms with Crippen LogP contribution in [0.4, 0.5) is 5.69 Å². The molecule has 0 aliphatic carbocycles. The van der Waals surface area contributed by atoms with Crippen LogP contribution in [0.5, 0.6) is 0 Å². The highest BCUT2D eigenvalue weighted by Crippen LogP contribution is 2.33. The van der Waals surface area contributed by atoms with Crippen LogP contribution in [0.25, 0.3) is 11.1 Å². The van der Waals surface area contributed by atoms with Crippen molar-refractivity contribution in [2.45, 2.75) is 26.7 Å². The van der Waals surface area contributed by atoms with Gasteiger partial charge in [-0.1, -0.05) is 31.5 Å². The summed E-state index contributed by atoms with van der Waals surface area (Å²) < 4.78 is 1.95. The van der Waals surface area contributed by atoms with Crippen LogP contribution >= 0.6 is 11.6 Å². The van der Waals surface area contributed by atoms with Gasteiger partial charge in [-0.05, 0) is 25.0 Å². The molecule has 0 radical (unpaired) electrons. The molecule has 18 heavy (non-hydrogen) atoms. The van der Waals surface area contributed by atoms with Crippen molar-refractivity contribution in [1.29, 1.82) is 0 Å². The van der Waals surface area contributed by atoms with Crippen LogP contribution in [-0.4, -0.2) is 9.78 Å². The van der Waals surface area contributed by atoms with Crippen LogP contribution in [0.3, 0.4) is 0 Å². The van der Waals surface area contributed by atoms with E-state index in [4.69, 9.17) is 17.3 Å². The predicted octanol–water partition coefficient (Wildman–Crippen LogP) is 3.45. The number of nitrogens with two attached hydrogens (primary N) is 1. The molecule has 0 aliphatic rings. The number of nitrogens with zero attached hydrogens (tertiary/aromatic N) is 2. The van der Waals surface area contributed by atoms with Gasteiger partial charge in [0.2, 0.25) is 0 Å². The minimum absolute atomic E-state index is 0.663. The standard InChI is InChI=1S/C14H18ClN3/c1-4-12-14(13(5-2)18(3)17-12)10-7-6-9(15)8-11(10)16/h6-8H,4-5,16H2,1-3H3. The van der Waals surface area contributed by atoms with Gasteiger partial charge in [-0.25, -0.2) is 0 Å². The number of hydrogen-bond acceptors (Lipinski definition) is 2. The molecular weight excluding hydrogens is 246 g/mol. The van der Waals surface area contributed by atoms with Crippen molar-refractivity contribution in [2.75, 3.05) is 5.73 Å². The largest absolute Gasteiger partial charge is 0.398 e. The van der Waals surface area contributed by atoms with Crippen LogP contribution in [0.1, 0.15) is 25.2 Å². The fraction of sp³-hybridized carbons (Fsp3) is 0.357. The summed E-state index contributed by atoms with van der Waals surface area (Å²) in [6.07, 6.45) is 1.83. The second-order valence-corrected chi connectivity index (χ2v) is 4.77. The third-order valence-corrected chi connectivity index (χ3v) is 3.43. The lowest BCUT2D eigenvalue weighted by Crippen LogP contribution is -1.98. The van der Waals surface area contributed by atoms with E-state index in [1.807, 2.05) is 23.9 Å². The summed E-state index contributed by atoms with van der Waals surface area (Å²) in [7, 11) is 1.98. The van der Waals surface area contributed by atoms with Gasteiger partial charge in [-0.2, -0.15) is 5.10 Å². The quantitative estimate of drug-likeness (QED) is 0.862. The first-order chi connectivity index (χ1) is 8.58. The van der Waals surface area contributed by atoms with Gasteiger partial charge in [0, 0.05) is 34.6 Å². The van der Waals surface area contributed by atoms with Gasteiger partial charge in [0.1, 0.15) is 0 Å². The summed E-state index contributed by atoms with van der Waals surface area (Å²) in [5.74, 6) is 0. The smallest absolute Gasteiger partial charge is 0.0703 e. The Morgan fingerprint density at radius 1 is 1.28 bits per heavy atom. The highest BCUT2D eigenvalue weighted by molar-refractivity contribution is 6.31. The maximum atomic E-state index is 6.09. The Labute approximate surface area is 113 Å². The van der Waals surface area contributed by atoms with Crippen molar-refractivity contribution >= 4 is 17.3 Å². The summed E-state index contributed by atoms with van der Waals surface area (Å²) in [5, 5.41) is 5.23. The molecule has 0 aliphatic heterocycles. The van der Waals surface area contributed by atoms with Crippen molar-refractivity contribution in [3.63, 3.8) is 0 Å². The molecule has 1 aromatic heterocycles. The Hall–Kier alpha value is -1.48. The lowest BCUT2D eigenvalue weighted by molar-refractivity contribution is 0.705. The molecule has 0 unspecified atom stereocenters. The summed E-state index contributed by atoms with van der Waals surface area (Å²) in [6.45, 7) is 4.24. The van der Waals surface area contributed by atoms with Gasteiger partial charge < -0.3 is 5.73 Å². The van der Waals surface area contributed by atoms with E-state index in [-0.39, 0.29) is 0 Å². The number of aromatic nitrogens is 2. The summed E-state index contributed by atoms with van der Waals surface area (Å²) in [4.78, 5) is 0. The predicted molar refractivity (Wildman–Crippen MR) is 76.8 cm³/mol. The second-order valence-electron chi connectivity index (χ2n) is 4.33. The van der Waals surface area contributed by atoms with Gasteiger partial charge in [0.15, 0.2) is 0 Å². The fourth-order valence-electron chi connectivity index (χ4n) is 2.35. The first kappa shape index (κ1) is 13.0. The fourth-order valence-corrected chi connectivity index (χ4v) is 2.53. The van der Waals surface area contributed by atoms with Gasteiger partial charge in [-0.3, -0.25) is 4.68 Å². The number of aryl methyl sites for hydroxylation is 2. The Balaban J connectivity index is 2.69. The number of benzene rings is 1. The zero-order valence-electron chi connectivity index (χ0n) is 11.0. The molecule has 4 heteroatoms. The van der Waals surface area contributed by atoms with E-state index in [2.05, 4.69) is 18.9 Å². The normalized spacial score (nSPS) is 10.9. The molecule has 96 valence electrons. The van der Waals surface area contributed by atoms with E-state index in [9.17, 15) is 0 Å². The maximum absolute atomic E-state index is 6.09. The average Bonchev–Trinajstić information content (AvgIpc) is 2.65. The lowest BCUT2D eigenvalue weighted by atomic mass is 9.99. The van der Waals surface area contributed by atoms with Crippen molar-refractivity contribution in [2.24, 2.45) is 7.05 Å². The van der Waals surface area contributed by atoms with E-state index in [0.29, 0.717) is 10.7 Å². The first-order valence-electron chi connectivity index (χ1n) is 6.18. The Morgan fingerprint density at radius 3 is 2.56 bits per heavy atom. The molecule has 2 aromatic rings. The van der Waals surface area contributed by atoms with Crippen LogP contribution in [0, 0.1) is 0 Å². The number of rotatable bonds is 3. The monoisotopic (exact) mass is 263 g/mol. The van der Waals surface area contributed by atoms with Crippen molar-refractivity contribution in [1.82, 2.24) is 9.78 Å². The molecule has 0 atom stereocenters. The average molecular weight is 264 g/mol. The molecule has 1 heterocycles. The topological polar surface area (TPSA) is 43.8 Å². The SMILES string of the molecule is CCc1nn(C)c(CC)c1-c1ccc(Cl)cc1N. The first-order valence-corrected chi connectivity index (χ1v) is 6.56. The molecule has 0 saturated heterocycles. The Bertz CT molecular complexity index is 573. The van der Waals surface area contributed by atoms with Crippen LogP contribution in [-0.2, 0) is 19.9 Å². The summed E-state index contributed by atoms with van der Waals surface area (Å²) in [5.41, 5.74) is 11.3. The van der Waals surface area contributed by atoms with Gasteiger partial charge in [-0.15, -0.1) is 0 Å². The Kier molecular flexibility index (Phi) is 3.62. The third kappa shape index (κ3) is 2.10. The Morgan fingerprint density at radius 2 is 2.00 bits per heavy atom. The number of hydrogen-bond donors (Lipinski definition) is 1. The van der Waals surface area contributed by atoms with Crippen LogP contribution in [0.2, 0.25) is 5.02 Å². The molecule has 0 spiro atoms. The van der Waals surface area contributed by atoms with Crippen LogP contribution in [0.15, 0.2) is 18.2 Å². The molecule has 0 saturated carbocycles. The highest BCUT2D eigenvalue weighted by Gasteiger charge is 2.17. The van der Waals surface area contributed by atoms with Crippen molar-refractivity contribution in [3.8, 4) is 11.1 Å². The van der Waals surface area contributed by atoms with Gasteiger partial charge >= 0.3 is 0 Å². The van der Waals surface area contributed by atoms with Crippen LogP contribution < -0.4 is 5.73 Å². The summed E-state index contributed by atoms with van der Waals surface area (Å²) in [6, 6.07) is 5.65. The van der Waals surface area contributed by atoms with Crippen molar-refractivity contribution < 1.29 is 0 Å². The number of anilines is 1. The molecule has 0 amide bonds. The van der Waals surface area contributed by atoms with E-state index >= 15 is 0 Å². The van der Waals surface area contributed by atoms with E-state index in [1.165, 1.54) is 5.69 Å². The molecule has 0 fully saturated rings. The second kappa shape index (κ2) is 5.02. The number of halogens is 1. The molecule has 2 N–H and O–H groups in total. The minimum Gasteiger partial charge on any atom is -0.398 e. The zero-order chi connectivity index (χ0) is 13.3. The highest BCUT2D eigenvalue weighted by atomic mass is 35.5. The molecule has 2 rings (SSSR count). The molecule has 1 aromatic carbocycles. The molecule has 0 bridgehead atoms. The van der Waals surface area contributed by atoms with Gasteiger partial charge in [0.25, 0.3) is 0 Å². The minimum atomic E-state index is 0.663. The zero-order valence-corrected chi connectivity index (χ0v) is 11.8.